The number of thiophene rings is 1. The number of nitrogens with zero attached hydrogens (tertiary/aromatic N) is 1. The third-order valence-corrected chi connectivity index (χ3v) is 7.24. The summed E-state index contributed by atoms with van der Waals surface area (Å²) in [5.41, 5.74) is 1.14. The van der Waals surface area contributed by atoms with Crippen LogP contribution in [0.4, 0.5) is 25.8 Å². The molecule has 0 saturated heterocycles. The van der Waals surface area contributed by atoms with Gasteiger partial charge in [-0.15, -0.1) is 11.3 Å². The SMILES string of the molecule is O=C(Nc1cccc(SC2=C(Nc3ccc(F)cc3)C(=O)N(c3ccc(F)cc3)C2=O)c1)c1cccs1. The Morgan fingerprint density at radius 3 is 2.19 bits per heavy atom. The summed E-state index contributed by atoms with van der Waals surface area (Å²) in [5.74, 6) is -2.44. The van der Waals surface area contributed by atoms with Gasteiger partial charge in [0.15, 0.2) is 0 Å². The van der Waals surface area contributed by atoms with Crippen LogP contribution in [-0.4, -0.2) is 17.7 Å². The predicted octanol–water partition coefficient (Wildman–Crippen LogP) is 6.27. The molecule has 1 aromatic heterocycles. The monoisotopic (exact) mass is 533 g/mol. The second-order valence-corrected chi connectivity index (χ2v) is 9.85. The molecule has 2 N–H and O–H groups in total. The number of imide groups is 1. The van der Waals surface area contributed by atoms with E-state index >= 15 is 0 Å². The Labute approximate surface area is 218 Å². The Hall–Kier alpha value is -4.28. The first kappa shape index (κ1) is 24.4. The summed E-state index contributed by atoms with van der Waals surface area (Å²) >= 11 is 2.36. The molecule has 6 nitrogen and oxygen atoms in total. The molecule has 1 aliphatic rings. The molecule has 5 rings (SSSR count). The first-order valence-corrected chi connectivity index (χ1v) is 12.6. The normalized spacial score (nSPS) is 13.3. The molecule has 184 valence electrons. The average molecular weight is 534 g/mol. The lowest BCUT2D eigenvalue weighted by molar-refractivity contribution is -0.120. The molecular weight excluding hydrogens is 516 g/mol. The third-order valence-electron chi connectivity index (χ3n) is 5.30. The van der Waals surface area contributed by atoms with E-state index in [1.54, 1.807) is 41.8 Å². The number of hydrogen-bond acceptors (Lipinski definition) is 6. The fourth-order valence-corrected chi connectivity index (χ4v) is 5.18. The third kappa shape index (κ3) is 5.30. The van der Waals surface area contributed by atoms with Gasteiger partial charge in [-0.2, -0.15) is 0 Å². The fourth-order valence-electron chi connectivity index (χ4n) is 3.57. The Balaban J connectivity index is 1.46. The van der Waals surface area contributed by atoms with Crippen molar-refractivity contribution in [3.05, 3.63) is 117 Å². The highest BCUT2D eigenvalue weighted by atomic mass is 32.2. The van der Waals surface area contributed by atoms with Crippen LogP contribution < -0.4 is 15.5 Å². The van der Waals surface area contributed by atoms with Crippen LogP contribution in [0, 0.1) is 11.6 Å². The molecule has 3 aromatic carbocycles. The summed E-state index contributed by atoms with van der Waals surface area (Å²) in [4.78, 5) is 41.5. The van der Waals surface area contributed by atoms with Gasteiger partial charge < -0.3 is 10.6 Å². The van der Waals surface area contributed by atoms with Gasteiger partial charge in [-0.05, 0) is 78.2 Å². The number of thioether (sulfide) groups is 1. The molecule has 0 fully saturated rings. The number of nitrogens with one attached hydrogen (secondary N) is 2. The number of carbonyl (C=O) groups excluding carboxylic acids is 3. The highest BCUT2D eigenvalue weighted by Gasteiger charge is 2.40. The molecule has 0 atom stereocenters. The molecule has 0 saturated carbocycles. The van der Waals surface area contributed by atoms with E-state index in [2.05, 4.69) is 10.6 Å². The van der Waals surface area contributed by atoms with Crippen molar-refractivity contribution in [3.8, 4) is 0 Å². The first-order valence-electron chi connectivity index (χ1n) is 10.9. The minimum atomic E-state index is -0.634. The van der Waals surface area contributed by atoms with Crippen LogP contribution in [0.2, 0.25) is 0 Å². The van der Waals surface area contributed by atoms with Crippen LogP contribution in [0.25, 0.3) is 0 Å². The van der Waals surface area contributed by atoms with Gasteiger partial charge in [0, 0.05) is 16.3 Å². The van der Waals surface area contributed by atoms with Crippen LogP contribution in [0.15, 0.2) is 106 Å². The number of halogens is 2. The average Bonchev–Trinajstić information content (AvgIpc) is 3.50. The zero-order chi connectivity index (χ0) is 25.9. The number of benzene rings is 3. The standard InChI is InChI=1S/C27H17F2N3O3S2/c28-16-6-10-18(11-7-16)30-23-24(27(35)32(26(23)34)20-12-8-17(29)9-13-20)37-21-4-1-3-19(15-21)31-25(33)22-5-2-14-36-22/h1-15,30H,(H,31,33). The molecule has 0 aliphatic carbocycles. The molecule has 0 bridgehead atoms. The van der Waals surface area contributed by atoms with E-state index in [0.29, 0.717) is 21.1 Å². The van der Waals surface area contributed by atoms with Crippen LogP contribution >= 0.6 is 23.1 Å². The fraction of sp³-hybridized carbons (Fsp3) is 0. The van der Waals surface area contributed by atoms with E-state index in [9.17, 15) is 23.2 Å². The quantitative estimate of drug-likeness (QED) is 0.274. The van der Waals surface area contributed by atoms with Crippen molar-refractivity contribution in [2.45, 2.75) is 4.90 Å². The molecule has 1 aliphatic heterocycles. The summed E-state index contributed by atoms with van der Waals surface area (Å²) < 4.78 is 26.9. The first-order chi connectivity index (χ1) is 17.9. The molecule has 2 heterocycles. The molecule has 0 unspecified atom stereocenters. The summed E-state index contributed by atoms with van der Waals surface area (Å²) in [7, 11) is 0. The Morgan fingerprint density at radius 1 is 0.811 bits per heavy atom. The maximum absolute atomic E-state index is 13.5. The second kappa shape index (κ2) is 10.4. The maximum Gasteiger partial charge on any atom is 0.283 e. The van der Waals surface area contributed by atoms with Gasteiger partial charge in [-0.1, -0.05) is 23.9 Å². The minimum absolute atomic E-state index is 0.000965. The van der Waals surface area contributed by atoms with Crippen molar-refractivity contribution in [1.82, 2.24) is 0 Å². The molecule has 0 spiro atoms. The van der Waals surface area contributed by atoms with E-state index in [-0.39, 0.29) is 22.2 Å². The summed E-state index contributed by atoms with van der Waals surface area (Å²) in [6, 6.07) is 20.7. The van der Waals surface area contributed by atoms with Crippen LogP contribution in [0.3, 0.4) is 0 Å². The van der Waals surface area contributed by atoms with Crippen LogP contribution in [0.5, 0.6) is 0 Å². The van der Waals surface area contributed by atoms with Crippen molar-refractivity contribution in [1.29, 1.82) is 0 Å². The van der Waals surface area contributed by atoms with Gasteiger partial charge in [-0.25, -0.2) is 13.7 Å². The van der Waals surface area contributed by atoms with Crippen molar-refractivity contribution in [2.24, 2.45) is 0 Å². The van der Waals surface area contributed by atoms with E-state index in [1.807, 2.05) is 0 Å². The van der Waals surface area contributed by atoms with Gasteiger partial charge >= 0.3 is 0 Å². The van der Waals surface area contributed by atoms with E-state index in [4.69, 9.17) is 0 Å². The van der Waals surface area contributed by atoms with Crippen LogP contribution in [0.1, 0.15) is 9.67 Å². The van der Waals surface area contributed by atoms with Gasteiger partial charge in [-0.3, -0.25) is 14.4 Å². The molecule has 37 heavy (non-hydrogen) atoms. The number of anilines is 3. The highest BCUT2D eigenvalue weighted by Crippen LogP contribution is 2.38. The molecule has 3 amide bonds. The van der Waals surface area contributed by atoms with Gasteiger partial charge in [0.05, 0.1) is 10.6 Å². The Kier molecular flexibility index (Phi) is 6.85. The van der Waals surface area contributed by atoms with Crippen molar-refractivity contribution < 1.29 is 23.2 Å². The van der Waals surface area contributed by atoms with E-state index in [0.717, 1.165) is 28.8 Å². The Morgan fingerprint density at radius 2 is 1.51 bits per heavy atom. The number of carbonyl (C=O) groups is 3. The Bertz CT molecular complexity index is 1520. The van der Waals surface area contributed by atoms with Gasteiger partial charge in [0.25, 0.3) is 17.7 Å². The lowest BCUT2D eigenvalue weighted by atomic mass is 10.2. The topological polar surface area (TPSA) is 78.5 Å². The maximum atomic E-state index is 13.5. The summed E-state index contributed by atoms with van der Waals surface area (Å²) in [6.45, 7) is 0. The zero-order valence-electron chi connectivity index (χ0n) is 18.9. The van der Waals surface area contributed by atoms with Crippen molar-refractivity contribution in [2.75, 3.05) is 15.5 Å². The lowest BCUT2D eigenvalue weighted by Gasteiger charge is -2.15. The smallest absolute Gasteiger partial charge is 0.283 e. The van der Waals surface area contributed by atoms with Crippen LogP contribution in [-0.2, 0) is 9.59 Å². The number of amides is 3. The zero-order valence-corrected chi connectivity index (χ0v) is 20.5. The molecule has 0 radical (unpaired) electrons. The van der Waals surface area contributed by atoms with E-state index < -0.39 is 23.4 Å². The highest BCUT2D eigenvalue weighted by molar-refractivity contribution is 8.04. The second-order valence-electron chi connectivity index (χ2n) is 7.82. The largest absolute Gasteiger partial charge is 0.350 e. The summed E-state index contributed by atoms with van der Waals surface area (Å²) in [6.07, 6.45) is 0. The number of hydrogen-bond donors (Lipinski definition) is 2. The van der Waals surface area contributed by atoms with Crippen molar-refractivity contribution in [3.63, 3.8) is 0 Å². The number of rotatable bonds is 7. The van der Waals surface area contributed by atoms with Gasteiger partial charge in [0.2, 0.25) is 0 Å². The van der Waals surface area contributed by atoms with E-state index in [1.165, 1.54) is 47.7 Å². The van der Waals surface area contributed by atoms with Gasteiger partial charge in [0.1, 0.15) is 22.2 Å². The predicted molar refractivity (Wildman–Crippen MR) is 141 cm³/mol. The molecular formula is C27H17F2N3O3S2. The lowest BCUT2D eigenvalue weighted by Crippen LogP contribution is -2.32. The summed E-state index contributed by atoms with van der Waals surface area (Å²) in [5, 5.41) is 7.56. The molecule has 10 heteroatoms. The minimum Gasteiger partial charge on any atom is -0.350 e. The van der Waals surface area contributed by atoms with Crippen molar-refractivity contribution >= 4 is 57.9 Å². The molecule has 4 aromatic rings.